The Hall–Kier alpha value is -4.45. The van der Waals surface area contributed by atoms with E-state index in [2.05, 4.69) is 26.5 Å². The van der Waals surface area contributed by atoms with E-state index in [1.54, 1.807) is 49.1 Å². The van der Waals surface area contributed by atoms with Crippen molar-refractivity contribution in [3.8, 4) is 28.9 Å². The van der Waals surface area contributed by atoms with Crippen molar-refractivity contribution < 1.29 is 9.90 Å². The molecule has 32 heavy (non-hydrogen) atoms. The van der Waals surface area contributed by atoms with E-state index in [1.807, 2.05) is 17.7 Å². The van der Waals surface area contributed by atoms with Crippen LogP contribution in [0.2, 0.25) is 0 Å². The number of hydrogen-bond donors (Lipinski definition) is 2. The predicted octanol–water partition coefficient (Wildman–Crippen LogP) is 2.84. The van der Waals surface area contributed by atoms with Gasteiger partial charge in [-0.15, -0.1) is 0 Å². The van der Waals surface area contributed by atoms with E-state index in [1.165, 1.54) is 10.9 Å². The van der Waals surface area contributed by atoms with Crippen molar-refractivity contribution in [3.05, 3.63) is 78.1 Å². The van der Waals surface area contributed by atoms with E-state index in [-0.39, 0.29) is 11.8 Å². The lowest BCUT2D eigenvalue weighted by atomic mass is 10.0. The SMILES string of the molecule is Cc1cc(C#N)ccc1-c1cnn(-c2ccc(C(=O)NCCCn3ccnc3)cn2)c1O. The van der Waals surface area contributed by atoms with Crippen LogP contribution in [0.1, 0.15) is 27.9 Å². The Balaban J connectivity index is 1.43. The third kappa shape index (κ3) is 4.34. The van der Waals surface area contributed by atoms with Crippen molar-refractivity contribution in [2.24, 2.45) is 0 Å². The zero-order valence-corrected chi connectivity index (χ0v) is 17.4. The summed E-state index contributed by atoms with van der Waals surface area (Å²) in [5.41, 5.74) is 3.14. The number of imidazole rings is 1. The maximum absolute atomic E-state index is 12.3. The summed E-state index contributed by atoms with van der Waals surface area (Å²) in [6.45, 7) is 3.18. The second-order valence-corrected chi connectivity index (χ2v) is 7.25. The molecule has 0 bridgehead atoms. The third-order valence-electron chi connectivity index (χ3n) is 5.05. The molecule has 0 atom stereocenters. The molecule has 0 spiro atoms. The predicted molar refractivity (Wildman–Crippen MR) is 117 cm³/mol. The quantitative estimate of drug-likeness (QED) is 0.438. The van der Waals surface area contributed by atoms with E-state index >= 15 is 0 Å². The number of amides is 1. The number of hydrogen-bond acceptors (Lipinski definition) is 6. The second-order valence-electron chi connectivity index (χ2n) is 7.25. The van der Waals surface area contributed by atoms with E-state index in [9.17, 15) is 9.90 Å². The maximum atomic E-state index is 12.3. The van der Waals surface area contributed by atoms with E-state index in [0.29, 0.717) is 29.1 Å². The fourth-order valence-electron chi connectivity index (χ4n) is 3.37. The van der Waals surface area contributed by atoms with Gasteiger partial charge in [0, 0.05) is 31.7 Å². The minimum Gasteiger partial charge on any atom is -0.493 e. The van der Waals surface area contributed by atoms with Crippen LogP contribution in [0.4, 0.5) is 0 Å². The molecule has 160 valence electrons. The van der Waals surface area contributed by atoms with Crippen molar-refractivity contribution in [2.75, 3.05) is 6.54 Å². The molecule has 9 heteroatoms. The van der Waals surface area contributed by atoms with Gasteiger partial charge in [0.25, 0.3) is 5.91 Å². The van der Waals surface area contributed by atoms with Crippen molar-refractivity contribution in [1.29, 1.82) is 5.26 Å². The first kappa shape index (κ1) is 20.8. The zero-order chi connectivity index (χ0) is 22.5. The highest BCUT2D eigenvalue weighted by Crippen LogP contribution is 2.32. The van der Waals surface area contributed by atoms with Crippen molar-refractivity contribution in [2.45, 2.75) is 19.9 Å². The maximum Gasteiger partial charge on any atom is 0.252 e. The van der Waals surface area contributed by atoms with Gasteiger partial charge in [-0.05, 0) is 48.7 Å². The molecule has 0 saturated heterocycles. The molecule has 0 fully saturated rings. The summed E-state index contributed by atoms with van der Waals surface area (Å²) in [5.74, 6) is 0.104. The van der Waals surface area contributed by atoms with Crippen LogP contribution in [0.5, 0.6) is 5.88 Å². The van der Waals surface area contributed by atoms with Gasteiger partial charge in [0.05, 0.1) is 35.3 Å². The number of aromatic hydroxyl groups is 1. The molecule has 1 aromatic carbocycles. The zero-order valence-electron chi connectivity index (χ0n) is 17.4. The average molecular weight is 427 g/mol. The standard InChI is InChI=1S/C23H21N7O2/c1-16-11-17(12-24)3-5-19(16)20-14-28-30(23(20)32)21-6-4-18(13-27-21)22(31)26-7-2-9-29-10-8-25-15-29/h3-6,8,10-11,13-15,32H,2,7,9H2,1H3,(H,26,31). The summed E-state index contributed by atoms with van der Waals surface area (Å²) in [6.07, 6.45) is 9.12. The largest absolute Gasteiger partial charge is 0.493 e. The van der Waals surface area contributed by atoms with Crippen LogP contribution >= 0.6 is 0 Å². The number of pyridine rings is 1. The minimum absolute atomic E-state index is 0.0676. The van der Waals surface area contributed by atoms with Gasteiger partial charge in [-0.2, -0.15) is 15.0 Å². The number of rotatable bonds is 7. The van der Waals surface area contributed by atoms with Gasteiger partial charge in [-0.25, -0.2) is 9.97 Å². The van der Waals surface area contributed by atoms with Gasteiger partial charge in [0.1, 0.15) is 0 Å². The number of carbonyl (C=O) groups excluding carboxylic acids is 1. The monoisotopic (exact) mass is 427 g/mol. The van der Waals surface area contributed by atoms with Crippen LogP contribution in [0.25, 0.3) is 16.9 Å². The van der Waals surface area contributed by atoms with E-state index in [4.69, 9.17) is 5.26 Å². The lowest BCUT2D eigenvalue weighted by Gasteiger charge is -2.08. The number of nitrogens with zero attached hydrogens (tertiary/aromatic N) is 6. The van der Waals surface area contributed by atoms with E-state index in [0.717, 1.165) is 24.1 Å². The van der Waals surface area contributed by atoms with Gasteiger partial charge >= 0.3 is 0 Å². The summed E-state index contributed by atoms with van der Waals surface area (Å²) in [7, 11) is 0. The Labute approximate surface area is 184 Å². The first-order valence-electron chi connectivity index (χ1n) is 10.1. The minimum atomic E-state index is -0.215. The highest BCUT2D eigenvalue weighted by atomic mass is 16.3. The molecule has 1 amide bonds. The smallest absolute Gasteiger partial charge is 0.252 e. The molecule has 3 aromatic heterocycles. The normalized spacial score (nSPS) is 10.6. The molecule has 3 heterocycles. The van der Waals surface area contributed by atoms with Gasteiger partial charge in [0.15, 0.2) is 5.82 Å². The topological polar surface area (TPSA) is 122 Å². The number of carbonyl (C=O) groups is 1. The van der Waals surface area contributed by atoms with E-state index < -0.39 is 0 Å². The molecule has 0 radical (unpaired) electrons. The molecule has 2 N–H and O–H groups in total. The fraction of sp³-hybridized carbons (Fsp3) is 0.174. The average Bonchev–Trinajstić information content (AvgIpc) is 3.46. The first-order valence-corrected chi connectivity index (χ1v) is 10.1. The number of benzene rings is 1. The molecule has 4 aromatic rings. The van der Waals surface area contributed by atoms with Crippen molar-refractivity contribution in [1.82, 2.24) is 29.6 Å². The molecule has 0 aliphatic carbocycles. The number of nitrogens with one attached hydrogen (secondary N) is 1. The Morgan fingerprint density at radius 2 is 2.09 bits per heavy atom. The Morgan fingerprint density at radius 3 is 2.78 bits per heavy atom. The highest BCUT2D eigenvalue weighted by molar-refractivity contribution is 5.93. The molecule has 4 rings (SSSR count). The molecular formula is C23H21N7O2. The summed E-state index contributed by atoms with van der Waals surface area (Å²) in [4.78, 5) is 20.6. The van der Waals surface area contributed by atoms with Gasteiger partial charge in [-0.3, -0.25) is 4.79 Å². The number of nitriles is 1. The summed E-state index contributed by atoms with van der Waals surface area (Å²) >= 11 is 0. The molecular weight excluding hydrogens is 406 g/mol. The Kier molecular flexibility index (Phi) is 5.94. The summed E-state index contributed by atoms with van der Waals surface area (Å²) in [5, 5.41) is 26.8. The van der Waals surface area contributed by atoms with Crippen LogP contribution in [0, 0.1) is 18.3 Å². The fourth-order valence-corrected chi connectivity index (χ4v) is 3.37. The highest BCUT2D eigenvalue weighted by Gasteiger charge is 2.16. The van der Waals surface area contributed by atoms with Crippen molar-refractivity contribution >= 4 is 5.91 Å². The second kappa shape index (κ2) is 9.14. The van der Waals surface area contributed by atoms with Crippen molar-refractivity contribution in [3.63, 3.8) is 0 Å². The van der Waals surface area contributed by atoms with Crippen LogP contribution in [-0.4, -0.2) is 41.9 Å². The van der Waals surface area contributed by atoms with Gasteiger partial charge < -0.3 is 15.0 Å². The molecule has 0 aliphatic rings. The van der Waals surface area contributed by atoms with Crippen LogP contribution in [-0.2, 0) is 6.54 Å². The van der Waals surface area contributed by atoms with Gasteiger partial charge in [-0.1, -0.05) is 6.07 Å². The Bertz CT molecular complexity index is 1270. The number of aromatic nitrogens is 5. The molecule has 0 saturated carbocycles. The number of aryl methyl sites for hydroxylation is 2. The summed E-state index contributed by atoms with van der Waals surface area (Å²) < 4.78 is 3.26. The lowest BCUT2D eigenvalue weighted by molar-refractivity contribution is 0.0952. The van der Waals surface area contributed by atoms with Crippen LogP contribution < -0.4 is 5.32 Å². The molecule has 0 unspecified atom stereocenters. The molecule has 9 nitrogen and oxygen atoms in total. The molecule has 0 aliphatic heterocycles. The Morgan fingerprint density at radius 1 is 1.22 bits per heavy atom. The third-order valence-corrected chi connectivity index (χ3v) is 5.05. The first-order chi connectivity index (χ1) is 15.6. The van der Waals surface area contributed by atoms with Crippen LogP contribution in [0.3, 0.4) is 0 Å². The van der Waals surface area contributed by atoms with Gasteiger partial charge in [0.2, 0.25) is 5.88 Å². The van der Waals surface area contributed by atoms with Crippen LogP contribution in [0.15, 0.2) is 61.4 Å². The lowest BCUT2D eigenvalue weighted by Crippen LogP contribution is -2.25. The summed E-state index contributed by atoms with van der Waals surface area (Å²) in [6, 6.07) is 10.6.